The van der Waals surface area contributed by atoms with Crippen molar-refractivity contribution in [3.8, 4) is 0 Å². The minimum absolute atomic E-state index is 0.0166. The number of carbonyl (C=O) groups is 3. The highest BCUT2D eigenvalue weighted by Crippen LogP contribution is 1.95. The fourth-order valence-corrected chi connectivity index (χ4v) is 1.04. The van der Waals surface area contributed by atoms with Gasteiger partial charge in [0.25, 0.3) is 0 Å². The van der Waals surface area contributed by atoms with E-state index in [-0.39, 0.29) is 30.8 Å². The van der Waals surface area contributed by atoms with Gasteiger partial charge in [-0.3, -0.25) is 14.4 Å². The Hall–Kier alpha value is -1.59. The van der Waals surface area contributed by atoms with Crippen molar-refractivity contribution in [2.45, 2.75) is 39.2 Å². The predicted molar refractivity (Wildman–Crippen MR) is 57.8 cm³/mol. The van der Waals surface area contributed by atoms with Gasteiger partial charge in [-0.1, -0.05) is 6.92 Å². The van der Waals surface area contributed by atoms with Gasteiger partial charge in [0.15, 0.2) is 0 Å². The van der Waals surface area contributed by atoms with Gasteiger partial charge >= 0.3 is 5.97 Å². The Labute approximate surface area is 94.4 Å². The van der Waals surface area contributed by atoms with Crippen LogP contribution in [0.1, 0.15) is 33.1 Å². The molecule has 0 spiro atoms. The van der Waals surface area contributed by atoms with Crippen LogP contribution < -0.4 is 10.6 Å². The first-order valence-electron chi connectivity index (χ1n) is 5.23. The summed E-state index contributed by atoms with van der Waals surface area (Å²) >= 11 is 0. The van der Waals surface area contributed by atoms with Gasteiger partial charge < -0.3 is 15.7 Å². The summed E-state index contributed by atoms with van der Waals surface area (Å²) in [6, 6.07) is -0.206. The molecule has 0 fully saturated rings. The zero-order valence-electron chi connectivity index (χ0n) is 9.58. The molecule has 6 nitrogen and oxygen atoms in total. The number of hydrogen-bond donors (Lipinski definition) is 3. The molecule has 0 saturated heterocycles. The van der Waals surface area contributed by atoms with Crippen molar-refractivity contribution in [1.29, 1.82) is 0 Å². The first kappa shape index (κ1) is 14.4. The molecule has 0 radical (unpaired) electrons. The van der Waals surface area contributed by atoms with Crippen LogP contribution in [0.4, 0.5) is 0 Å². The summed E-state index contributed by atoms with van der Waals surface area (Å²) in [5.41, 5.74) is 0. The summed E-state index contributed by atoms with van der Waals surface area (Å²) in [7, 11) is 0. The van der Waals surface area contributed by atoms with Crippen molar-refractivity contribution in [2.24, 2.45) is 0 Å². The Balaban J connectivity index is 3.69. The van der Waals surface area contributed by atoms with Gasteiger partial charge in [0.2, 0.25) is 11.8 Å². The zero-order valence-corrected chi connectivity index (χ0v) is 9.58. The Bertz CT molecular complexity index is 266. The molecule has 0 aliphatic rings. The summed E-state index contributed by atoms with van der Waals surface area (Å²) in [5.74, 6) is -1.38. The monoisotopic (exact) mass is 230 g/mol. The molecule has 0 rings (SSSR count). The van der Waals surface area contributed by atoms with Crippen molar-refractivity contribution in [1.82, 2.24) is 10.6 Å². The van der Waals surface area contributed by atoms with Crippen LogP contribution in [-0.2, 0) is 14.4 Å². The maximum atomic E-state index is 11.2. The van der Waals surface area contributed by atoms with Gasteiger partial charge in [-0.2, -0.15) is 0 Å². The molecule has 6 heteroatoms. The quantitative estimate of drug-likeness (QED) is 0.568. The summed E-state index contributed by atoms with van der Waals surface area (Å²) in [6.45, 7) is 3.36. The van der Waals surface area contributed by atoms with E-state index in [4.69, 9.17) is 5.11 Å². The SMILES string of the molecule is CCC(=O)NCC(=O)NC(C)CCC(=O)O. The van der Waals surface area contributed by atoms with Crippen LogP contribution in [0.2, 0.25) is 0 Å². The minimum atomic E-state index is -0.889. The lowest BCUT2D eigenvalue weighted by Gasteiger charge is -2.12. The molecule has 3 N–H and O–H groups in total. The molecule has 0 aromatic rings. The Morgan fingerprint density at radius 3 is 2.38 bits per heavy atom. The fraction of sp³-hybridized carbons (Fsp3) is 0.700. The van der Waals surface area contributed by atoms with Crippen molar-refractivity contribution >= 4 is 17.8 Å². The second kappa shape index (κ2) is 7.67. The molecule has 1 unspecified atom stereocenters. The molecule has 0 bridgehead atoms. The zero-order chi connectivity index (χ0) is 12.6. The summed E-state index contributed by atoms with van der Waals surface area (Å²) in [5, 5.41) is 13.5. The predicted octanol–water partition coefficient (Wildman–Crippen LogP) is -0.118. The molecule has 0 aromatic heterocycles. The molecule has 0 aromatic carbocycles. The van der Waals surface area contributed by atoms with Crippen molar-refractivity contribution in [3.05, 3.63) is 0 Å². The highest BCUT2D eigenvalue weighted by molar-refractivity contribution is 5.84. The van der Waals surface area contributed by atoms with Gasteiger partial charge in [0.1, 0.15) is 0 Å². The minimum Gasteiger partial charge on any atom is -0.481 e. The highest BCUT2D eigenvalue weighted by atomic mass is 16.4. The molecule has 92 valence electrons. The first-order chi connectivity index (χ1) is 7.45. The Morgan fingerprint density at radius 1 is 1.25 bits per heavy atom. The van der Waals surface area contributed by atoms with Crippen molar-refractivity contribution in [2.75, 3.05) is 6.54 Å². The number of hydrogen-bond acceptors (Lipinski definition) is 3. The molecular weight excluding hydrogens is 212 g/mol. The van der Waals surface area contributed by atoms with E-state index in [1.54, 1.807) is 13.8 Å². The third kappa shape index (κ3) is 7.78. The van der Waals surface area contributed by atoms with E-state index >= 15 is 0 Å². The molecule has 16 heavy (non-hydrogen) atoms. The lowest BCUT2D eigenvalue weighted by Crippen LogP contribution is -2.40. The smallest absolute Gasteiger partial charge is 0.303 e. The fourth-order valence-electron chi connectivity index (χ4n) is 1.04. The Morgan fingerprint density at radius 2 is 1.88 bits per heavy atom. The summed E-state index contributed by atoms with van der Waals surface area (Å²) in [4.78, 5) is 32.4. The van der Waals surface area contributed by atoms with Gasteiger partial charge in [0.05, 0.1) is 6.54 Å². The largest absolute Gasteiger partial charge is 0.481 e. The number of rotatable bonds is 7. The van der Waals surface area contributed by atoms with Crippen molar-refractivity contribution < 1.29 is 19.5 Å². The van der Waals surface area contributed by atoms with Gasteiger partial charge in [-0.25, -0.2) is 0 Å². The molecule has 0 saturated carbocycles. The van der Waals surface area contributed by atoms with Crippen LogP contribution in [0.3, 0.4) is 0 Å². The number of aliphatic carboxylic acids is 1. The second-order valence-electron chi connectivity index (χ2n) is 3.53. The lowest BCUT2D eigenvalue weighted by molar-refractivity contribution is -0.137. The van der Waals surface area contributed by atoms with Crippen LogP contribution in [0, 0.1) is 0 Å². The average Bonchev–Trinajstić information content (AvgIpc) is 2.23. The van der Waals surface area contributed by atoms with Crippen LogP contribution in [-0.4, -0.2) is 35.5 Å². The topological polar surface area (TPSA) is 95.5 Å². The van der Waals surface area contributed by atoms with E-state index in [1.807, 2.05) is 0 Å². The van der Waals surface area contributed by atoms with Crippen LogP contribution >= 0.6 is 0 Å². The first-order valence-corrected chi connectivity index (χ1v) is 5.23. The average molecular weight is 230 g/mol. The van der Waals surface area contributed by atoms with E-state index in [1.165, 1.54) is 0 Å². The van der Waals surface area contributed by atoms with Crippen LogP contribution in [0.5, 0.6) is 0 Å². The van der Waals surface area contributed by atoms with E-state index in [0.717, 1.165) is 0 Å². The Kier molecular flexibility index (Phi) is 6.91. The van der Waals surface area contributed by atoms with Gasteiger partial charge in [-0.15, -0.1) is 0 Å². The maximum absolute atomic E-state index is 11.2. The standard InChI is InChI=1S/C10H18N2O4/c1-3-8(13)11-6-9(14)12-7(2)4-5-10(15)16/h7H,3-6H2,1-2H3,(H,11,13)(H,12,14)(H,15,16). The van der Waals surface area contributed by atoms with E-state index in [0.29, 0.717) is 12.8 Å². The maximum Gasteiger partial charge on any atom is 0.303 e. The van der Waals surface area contributed by atoms with E-state index < -0.39 is 5.97 Å². The summed E-state index contributed by atoms with van der Waals surface area (Å²) in [6.07, 6.45) is 0.730. The number of nitrogens with one attached hydrogen (secondary N) is 2. The molecule has 0 heterocycles. The van der Waals surface area contributed by atoms with Crippen LogP contribution in [0.25, 0.3) is 0 Å². The number of carboxylic acids is 1. The summed E-state index contributed by atoms with van der Waals surface area (Å²) < 4.78 is 0. The number of amides is 2. The number of carbonyl (C=O) groups excluding carboxylic acids is 2. The van der Waals surface area contributed by atoms with Gasteiger partial charge in [-0.05, 0) is 13.3 Å². The molecule has 1 atom stereocenters. The molecule has 2 amide bonds. The van der Waals surface area contributed by atoms with E-state index in [2.05, 4.69) is 10.6 Å². The molecule has 0 aliphatic heterocycles. The highest BCUT2D eigenvalue weighted by Gasteiger charge is 2.09. The van der Waals surface area contributed by atoms with Crippen LogP contribution in [0.15, 0.2) is 0 Å². The third-order valence-corrected chi connectivity index (χ3v) is 1.97. The molecular formula is C10H18N2O4. The number of carboxylic acid groups (broad SMARTS) is 1. The second-order valence-corrected chi connectivity index (χ2v) is 3.53. The normalized spacial score (nSPS) is 11.6. The van der Waals surface area contributed by atoms with E-state index in [9.17, 15) is 14.4 Å². The molecule has 0 aliphatic carbocycles. The van der Waals surface area contributed by atoms with Gasteiger partial charge in [0, 0.05) is 18.9 Å². The van der Waals surface area contributed by atoms with Crippen molar-refractivity contribution in [3.63, 3.8) is 0 Å². The lowest BCUT2D eigenvalue weighted by atomic mass is 10.2. The third-order valence-electron chi connectivity index (χ3n) is 1.97.